The van der Waals surface area contributed by atoms with Crippen LogP contribution in [0.15, 0.2) is 30.6 Å². The van der Waals surface area contributed by atoms with Gasteiger partial charge in [-0.25, -0.2) is 4.98 Å². The number of hydrogen-bond donors (Lipinski definition) is 1. The Kier molecular flexibility index (Phi) is 3.72. The quantitative estimate of drug-likeness (QED) is 0.839. The van der Waals surface area contributed by atoms with Crippen LogP contribution in [-0.2, 0) is 20.1 Å². The van der Waals surface area contributed by atoms with Crippen molar-refractivity contribution in [2.45, 2.75) is 13.1 Å². The van der Waals surface area contributed by atoms with E-state index in [1.165, 1.54) is 0 Å². The van der Waals surface area contributed by atoms with Gasteiger partial charge in [-0.3, -0.25) is 4.68 Å². The summed E-state index contributed by atoms with van der Waals surface area (Å²) in [5.41, 5.74) is 2.13. The van der Waals surface area contributed by atoms with E-state index in [9.17, 15) is 0 Å². The fraction of sp³-hybridized carbons (Fsp3) is 0.333. The van der Waals surface area contributed by atoms with Crippen molar-refractivity contribution in [3.05, 3.63) is 41.9 Å². The van der Waals surface area contributed by atoms with Crippen molar-refractivity contribution in [1.29, 1.82) is 0 Å². The Morgan fingerprint density at radius 3 is 2.94 bits per heavy atom. The summed E-state index contributed by atoms with van der Waals surface area (Å²) in [7, 11) is 3.53. The average Bonchev–Trinajstić information content (AvgIpc) is 2.75. The van der Waals surface area contributed by atoms with Gasteiger partial charge in [-0.1, -0.05) is 6.07 Å². The van der Waals surface area contributed by atoms with Gasteiger partial charge in [-0.15, -0.1) is 0 Å². The lowest BCUT2D eigenvalue weighted by Gasteiger charge is -2.04. The van der Waals surface area contributed by atoms with Crippen LogP contribution >= 0.6 is 0 Å². The summed E-state index contributed by atoms with van der Waals surface area (Å²) in [4.78, 5) is 4.32. The second kappa shape index (κ2) is 5.45. The van der Waals surface area contributed by atoms with Gasteiger partial charge in [0.05, 0.1) is 19.0 Å². The van der Waals surface area contributed by atoms with Gasteiger partial charge in [0, 0.05) is 38.0 Å². The zero-order valence-corrected chi connectivity index (χ0v) is 10.1. The van der Waals surface area contributed by atoms with Gasteiger partial charge in [0.15, 0.2) is 0 Å². The molecule has 0 aliphatic carbocycles. The second-order valence-electron chi connectivity index (χ2n) is 3.80. The molecule has 0 aliphatic heterocycles. The monoisotopic (exact) mass is 232 g/mol. The minimum atomic E-state index is 0.644. The van der Waals surface area contributed by atoms with Crippen molar-refractivity contribution in [2.75, 3.05) is 7.11 Å². The molecule has 0 aliphatic rings. The van der Waals surface area contributed by atoms with E-state index in [2.05, 4.69) is 15.4 Å². The largest absolute Gasteiger partial charge is 0.481 e. The number of rotatable bonds is 5. The standard InChI is InChI=1S/C12H16N4O/c1-16-9-10(7-14-16)6-13-8-11-4-3-5-12(15-11)17-2/h3-5,7,9,13H,6,8H2,1-2H3. The molecule has 17 heavy (non-hydrogen) atoms. The highest BCUT2D eigenvalue weighted by molar-refractivity contribution is 5.15. The van der Waals surface area contributed by atoms with Crippen molar-refractivity contribution in [3.63, 3.8) is 0 Å². The van der Waals surface area contributed by atoms with Crippen LogP contribution in [0, 0.1) is 0 Å². The van der Waals surface area contributed by atoms with Gasteiger partial charge < -0.3 is 10.1 Å². The maximum atomic E-state index is 5.07. The summed E-state index contributed by atoms with van der Waals surface area (Å²) in [6.45, 7) is 1.50. The zero-order valence-electron chi connectivity index (χ0n) is 10.1. The lowest BCUT2D eigenvalue weighted by Crippen LogP contribution is -2.13. The topological polar surface area (TPSA) is 52.0 Å². The van der Waals surface area contributed by atoms with Gasteiger partial charge >= 0.3 is 0 Å². The third-order valence-corrected chi connectivity index (χ3v) is 2.38. The van der Waals surface area contributed by atoms with Crippen LogP contribution in [0.5, 0.6) is 5.88 Å². The van der Waals surface area contributed by atoms with E-state index >= 15 is 0 Å². The number of nitrogens with one attached hydrogen (secondary N) is 1. The van der Waals surface area contributed by atoms with Crippen LogP contribution in [0.25, 0.3) is 0 Å². The Hall–Kier alpha value is -1.88. The molecule has 0 saturated heterocycles. The Bertz CT molecular complexity index is 481. The predicted octanol–water partition coefficient (Wildman–Crippen LogP) is 1.11. The molecule has 1 N–H and O–H groups in total. The highest BCUT2D eigenvalue weighted by Crippen LogP contribution is 2.06. The number of aryl methyl sites for hydroxylation is 1. The normalized spacial score (nSPS) is 10.5. The third-order valence-electron chi connectivity index (χ3n) is 2.38. The van der Waals surface area contributed by atoms with Crippen LogP contribution in [-0.4, -0.2) is 21.9 Å². The maximum absolute atomic E-state index is 5.07. The van der Waals surface area contributed by atoms with E-state index in [1.54, 1.807) is 11.8 Å². The van der Waals surface area contributed by atoms with Gasteiger partial charge in [-0.2, -0.15) is 5.10 Å². The molecule has 0 saturated carbocycles. The highest BCUT2D eigenvalue weighted by atomic mass is 16.5. The molecule has 0 fully saturated rings. The fourth-order valence-corrected chi connectivity index (χ4v) is 1.57. The first-order valence-electron chi connectivity index (χ1n) is 5.46. The van der Waals surface area contributed by atoms with Crippen molar-refractivity contribution < 1.29 is 4.74 Å². The maximum Gasteiger partial charge on any atom is 0.213 e. The number of pyridine rings is 1. The molecule has 0 radical (unpaired) electrons. The summed E-state index contributed by atoms with van der Waals surface area (Å²) >= 11 is 0. The number of hydrogen-bond acceptors (Lipinski definition) is 4. The molecule has 5 nitrogen and oxygen atoms in total. The molecule has 2 rings (SSSR count). The Morgan fingerprint density at radius 1 is 1.35 bits per heavy atom. The van der Waals surface area contributed by atoms with Gasteiger partial charge in [-0.05, 0) is 6.07 Å². The molecule has 2 aromatic heterocycles. The van der Waals surface area contributed by atoms with Crippen molar-refractivity contribution in [2.24, 2.45) is 7.05 Å². The minimum Gasteiger partial charge on any atom is -0.481 e. The van der Waals surface area contributed by atoms with Crippen LogP contribution in [0.3, 0.4) is 0 Å². The van der Waals surface area contributed by atoms with Gasteiger partial charge in [0.25, 0.3) is 0 Å². The molecule has 0 bridgehead atoms. The van der Waals surface area contributed by atoms with Crippen LogP contribution in [0.4, 0.5) is 0 Å². The first kappa shape index (κ1) is 11.6. The Balaban J connectivity index is 1.85. The first-order valence-corrected chi connectivity index (χ1v) is 5.46. The van der Waals surface area contributed by atoms with Crippen LogP contribution < -0.4 is 10.1 Å². The number of ether oxygens (including phenoxy) is 1. The van der Waals surface area contributed by atoms with E-state index in [-0.39, 0.29) is 0 Å². The van der Waals surface area contributed by atoms with Crippen LogP contribution in [0.2, 0.25) is 0 Å². The molecular formula is C12H16N4O. The minimum absolute atomic E-state index is 0.644. The SMILES string of the molecule is COc1cccc(CNCc2cnn(C)c2)n1. The fourth-order valence-electron chi connectivity index (χ4n) is 1.57. The zero-order chi connectivity index (χ0) is 12.1. The van der Waals surface area contributed by atoms with E-state index in [1.807, 2.05) is 37.6 Å². The smallest absolute Gasteiger partial charge is 0.213 e. The Morgan fingerprint density at radius 2 is 2.24 bits per heavy atom. The average molecular weight is 232 g/mol. The van der Waals surface area contributed by atoms with Crippen LogP contribution in [0.1, 0.15) is 11.3 Å². The van der Waals surface area contributed by atoms with Gasteiger partial charge in [0.2, 0.25) is 5.88 Å². The third kappa shape index (κ3) is 3.29. The first-order chi connectivity index (χ1) is 8.28. The number of methoxy groups -OCH3 is 1. The van der Waals surface area contributed by atoms with E-state index in [0.29, 0.717) is 12.4 Å². The van der Waals surface area contributed by atoms with Crippen molar-refractivity contribution in [3.8, 4) is 5.88 Å². The lowest BCUT2D eigenvalue weighted by molar-refractivity contribution is 0.395. The molecular weight excluding hydrogens is 216 g/mol. The molecule has 0 amide bonds. The molecule has 0 spiro atoms. The van der Waals surface area contributed by atoms with E-state index in [0.717, 1.165) is 17.8 Å². The molecule has 5 heteroatoms. The predicted molar refractivity (Wildman–Crippen MR) is 64.5 cm³/mol. The second-order valence-corrected chi connectivity index (χ2v) is 3.80. The number of nitrogens with zero attached hydrogens (tertiary/aromatic N) is 3. The van der Waals surface area contributed by atoms with Crippen molar-refractivity contribution in [1.82, 2.24) is 20.1 Å². The lowest BCUT2D eigenvalue weighted by atomic mass is 10.3. The molecule has 2 heterocycles. The summed E-state index contributed by atoms with van der Waals surface area (Å²) < 4.78 is 6.86. The summed E-state index contributed by atoms with van der Waals surface area (Å²) in [6.07, 6.45) is 3.85. The van der Waals surface area contributed by atoms with E-state index in [4.69, 9.17) is 4.74 Å². The Labute approximate surface area is 100 Å². The number of aromatic nitrogens is 3. The molecule has 2 aromatic rings. The summed E-state index contributed by atoms with van der Waals surface area (Å²) in [5, 5.41) is 7.42. The van der Waals surface area contributed by atoms with Gasteiger partial charge in [0.1, 0.15) is 0 Å². The van der Waals surface area contributed by atoms with Crippen molar-refractivity contribution >= 4 is 0 Å². The summed E-state index contributed by atoms with van der Waals surface area (Å²) in [6, 6.07) is 5.75. The highest BCUT2D eigenvalue weighted by Gasteiger charge is 1.99. The van der Waals surface area contributed by atoms with E-state index < -0.39 is 0 Å². The molecule has 0 aromatic carbocycles. The molecule has 90 valence electrons. The summed E-state index contributed by atoms with van der Waals surface area (Å²) in [5.74, 6) is 0.644. The molecule has 0 unspecified atom stereocenters. The molecule has 0 atom stereocenters.